The lowest BCUT2D eigenvalue weighted by Gasteiger charge is -2.29. The summed E-state index contributed by atoms with van der Waals surface area (Å²) in [5.41, 5.74) is 0.504. The standard InChI is InChI=1S/C20H27N3O3S/c1-14-7-2-4-9-16(14)21-18(25)13-27-20-22-17-10-5-3-8-15(17)19(26)23(20)11-6-12-24/h3,5,8,10,14,16,24H,2,4,6-7,9,11-13H2,1H3,(H,21,25)/t14-,16+/m1/s1. The van der Waals surface area contributed by atoms with Gasteiger partial charge in [-0.2, -0.15) is 0 Å². The zero-order valence-corrected chi connectivity index (χ0v) is 16.5. The highest BCUT2D eigenvalue weighted by atomic mass is 32.2. The number of aliphatic hydroxyl groups excluding tert-OH is 1. The molecule has 1 saturated carbocycles. The Morgan fingerprint density at radius 2 is 2.11 bits per heavy atom. The minimum atomic E-state index is -0.127. The van der Waals surface area contributed by atoms with E-state index in [1.54, 1.807) is 16.7 Å². The highest BCUT2D eigenvalue weighted by molar-refractivity contribution is 7.99. The van der Waals surface area contributed by atoms with E-state index in [0.29, 0.717) is 34.9 Å². The Hall–Kier alpha value is -1.86. The molecule has 3 rings (SSSR count). The van der Waals surface area contributed by atoms with Crippen molar-refractivity contribution in [3.05, 3.63) is 34.6 Å². The number of nitrogens with one attached hydrogen (secondary N) is 1. The van der Waals surface area contributed by atoms with Crippen LogP contribution in [0.25, 0.3) is 10.9 Å². The number of amides is 1. The van der Waals surface area contributed by atoms with E-state index in [1.165, 1.54) is 18.2 Å². The number of thioether (sulfide) groups is 1. The molecule has 0 saturated heterocycles. The normalized spacial score (nSPS) is 19.9. The number of aliphatic hydroxyl groups is 1. The van der Waals surface area contributed by atoms with Gasteiger partial charge in [-0.15, -0.1) is 0 Å². The van der Waals surface area contributed by atoms with Crippen molar-refractivity contribution in [1.82, 2.24) is 14.9 Å². The number of carbonyl (C=O) groups is 1. The average Bonchev–Trinajstić information content (AvgIpc) is 2.68. The summed E-state index contributed by atoms with van der Waals surface area (Å²) >= 11 is 1.28. The van der Waals surface area contributed by atoms with Crippen molar-refractivity contribution in [3.63, 3.8) is 0 Å². The fourth-order valence-electron chi connectivity index (χ4n) is 3.59. The largest absolute Gasteiger partial charge is 0.396 e. The number of para-hydroxylation sites is 1. The number of fused-ring (bicyclic) bond motifs is 1. The molecule has 2 aromatic rings. The molecule has 1 amide bonds. The number of benzene rings is 1. The third-order valence-electron chi connectivity index (χ3n) is 5.16. The van der Waals surface area contributed by atoms with Crippen LogP contribution in [-0.2, 0) is 11.3 Å². The maximum atomic E-state index is 12.8. The summed E-state index contributed by atoms with van der Waals surface area (Å²) in [5.74, 6) is 0.719. The molecule has 0 bridgehead atoms. The molecule has 1 aliphatic rings. The van der Waals surface area contributed by atoms with Crippen LogP contribution in [0, 0.1) is 5.92 Å². The summed E-state index contributed by atoms with van der Waals surface area (Å²) in [5, 5.41) is 13.4. The Morgan fingerprint density at radius 1 is 1.33 bits per heavy atom. The second-order valence-corrected chi connectivity index (χ2v) is 8.11. The molecule has 1 aromatic heterocycles. The van der Waals surface area contributed by atoms with E-state index in [1.807, 2.05) is 12.1 Å². The van der Waals surface area contributed by atoms with Gasteiger partial charge in [-0.25, -0.2) is 4.98 Å². The van der Waals surface area contributed by atoms with Crippen molar-refractivity contribution >= 4 is 28.6 Å². The second-order valence-electron chi connectivity index (χ2n) is 7.17. The van der Waals surface area contributed by atoms with E-state index < -0.39 is 0 Å². The molecule has 6 nitrogen and oxygen atoms in total. The molecule has 1 heterocycles. The highest BCUT2D eigenvalue weighted by Gasteiger charge is 2.23. The lowest BCUT2D eigenvalue weighted by atomic mass is 9.86. The van der Waals surface area contributed by atoms with Crippen LogP contribution in [0.5, 0.6) is 0 Å². The SMILES string of the molecule is C[C@@H]1CCCC[C@@H]1NC(=O)CSc1nc2ccccc2c(=O)n1CCCO. The monoisotopic (exact) mass is 389 g/mol. The predicted molar refractivity (Wildman–Crippen MR) is 108 cm³/mol. The lowest BCUT2D eigenvalue weighted by Crippen LogP contribution is -2.42. The molecule has 7 heteroatoms. The van der Waals surface area contributed by atoms with Crippen LogP contribution in [-0.4, -0.2) is 39.0 Å². The quantitative estimate of drug-likeness (QED) is 0.562. The van der Waals surface area contributed by atoms with Crippen LogP contribution in [0.4, 0.5) is 0 Å². The predicted octanol–water partition coefficient (Wildman–Crippen LogP) is 2.57. The first kappa shape index (κ1) is 19.9. The molecule has 2 atom stereocenters. The van der Waals surface area contributed by atoms with Gasteiger partial charge in [0.1, 0.15) is 0 Å². The number of rotatable bonds is 7. The molecule has 146 valence electrons. The van der Waals surface area contributed by atoms with Gasteiger partial charge in [-0.1, -0.05) is 43.7 Å². The zero-order valence-electron chi connectivity index (χ0n) is 15.7. The molecule has 1 aromatic carbocycles. The number of hydrogen-bond acceptors (Lipinski definition) is 5. The first-order chi connectivity index (χ1) is 13.1. The summed E-state index contributed by atoms with van der Waals surface area (Å²) < 4.78 is 1.57. The van der Waals surface area contributed by atoms with E-state index in [2.05, 4.69) is 17.2 Å². The third-order valence-corrected chi connectivity index (χ3v) is 6.13. The van der Waals surface area contributed by atoms with Gasteiger partial charge in [0, 0.05) is 19.2 Å². The summed E-state index contributed by atoms with van der Waals surface area (Å²) in [4.78, 5) is 29.8. The molecule has 1 aliphatic carbocycles. The minimum Gasteiger partial charge on any atom is -0.396 e. The van der Waals surface area contributed by atoms with E-state index in [4.69, 9.17) is 5.11 Å². The van der Waals surface area contributed by atoms with Crippen molar-refractivity contribution in [3.8, 4) is 0 Å². The third kappa shape index (κ3) is 4.90. The van der Waals surface area contributed by atoms with Crippen molar-refractivity contribution in [2.75, 3.05) is 12.4 Å². The fourth-order valence-corrected chi connectivity index (χ4v) is 4.43. The van der Waals surface area contributed by atoms with Crippen LogP contribution in [0.3, 0.4) is 0 Å². The molecule has 0 unspecified atom stereocenters. The van der Waals surface area contributed by atoms with Crippen molar-refractivity contribution in [1.29, 1.82) is 0 Å². The summed E-state index contributed by atoms with van der Waals surface area (Å²) in [6.45, 7) is 2.58. The number of carbonyl (C=O) groups excluding carboxylic acids is 1. The number of nitrogens with zero attached hydrogens (tertiary/aromatic N) is 2. The molecule has 2 N–H and O–H groups in total. The number of hydrogen-bond donors (Lipinski definition) is 2. The smallest absolute Gasteiger partial charge is 0.262 e. The Morgan fingerprint density at radius 3 is 2.89 bits per heavy atom. The van der Waals surface area contributed by atoms with Crippen molar-refractivity contribution < 1.29 is 9.90 Å². The van der Waals surface area contributed by atoms with Crippen LogP contribution < -0.4 is 10.9 Å². The van der Waals surface area contributed by atoms with Crippen LogP contribution in [0.1, 0.15) is 39.0 Å². The van der Waals surface area contributed by atoms with Gasteiger partial charge in [-0.3, -0.25) is 14.2 Å². The van der Waals surface area contributed by atoms with E-state index in [0.717, 1.165) is 19.3 Å². The maximum absolute atomic E-state index is 12.8. The lowest BCUT2D eigenvalue weighted by molar-refractivity contribution is -0.119. The van der Waals surface area contributed by atoms with Crippen molar-refractivity contribution in [2.24, 2.45) is 5.92 Å². The average molecular weight is 390 g/mol. The Balaban J connectivity index is 1.74. The maximum Gasteiger partial charge on any atom is 0.262 e. The van der Waals surface area contributed by atoms with E-state index >= 15 is 0 Å². The van der Waals surface area contributed by atoms with Gasteiger partial charge in [0.05, 0.1) is 16.7 Å². The molecule has 0 aliphatic heterocycles. The van der Waals surface area contributed by atoms with Gasteiger partial charge in [0.15, 0.2) is 5.16 Å². The van der Waals surface area contributed by atoms with Crippen molar-refractivity contribution in [2.45, 2.75) is 56.8 Å². The van der Waals surface area contributed by atoms with E-state index in [9.17, 15) is 9.59 Å². The Labute approximate surface area is 163 Å². The van der Waals surface area contributed by atoms with Gasteiger partial charge in [-0.05, 0) is 37.3 Å². The molecule has 27 heavy (non-hydrogen) atoms. The first-order valence-corrected chi connectivity index (χ1v) is 10.6. The molecule has 0 spiro atoms. The topological polar surface area (TPSA) is 84.2 Å². The van der Waals surface area contributed by atoms with Crippen LogP contribution >= 0.6 is 11.8 Å². The zero-order chi connectivity index (χ0) is 19.2. The van der Waals surface area contributed by atoms with Gasteiger partial charge in [0.25, 0.3) is 5.56 Å². The molecule has 1 fully saturated rings. The Kier molecular flexibility index (Phi) is 6.90. The fraction of sp³-hybridized carbons (Fsp3) is 0.550. The Bertz CT molecular complexity index is 852. The van der Waals surface area contributed by atoms with Gasteiger partial charge in [0.2, 0.25) is 5.91 Å². The summed E-state index contributed by atoms with van der Waals surface area (Å²) in [6, 6.07) is 7.46. The van der Waals surface area contributed by atoms with Crippen LogP contribution in [0.2, 0.25) is 0 Å². The van der Waals surface area contributed by atoms with Gasteiger partial charge >= 0.3 is 0 Å². The molecular formula is C20H27N3O3S. The van der Waals surface area contributed by atoms with Gasteiger partial charge < -0.3 is 10.4 Å². The first-order valence-electron chi connectivity index (χ1n) is 9.62. The van der Waals surface area contributed by atoms with E-state index in [-0.39, 0.29) is 29.9 Å². The number of aromatic nitrogens is 2. The summed E-state index contributed by atoms with van der Waals surface area (Å²) in [7, 11) is 0. The molecule has 0 radical (unpaired) electrons. The molecular weight excluding hydrogens is 362 g/mol. The highest BCUT2D eigenvalue weighted by Crippen LogP contribution is 2.24. The second kappa shape index (κ2) is 9.37. The summed E-state index contributed by atoms with van der Waals surface area (Å²) in [6.07, 6.45) is 5.06. The minimum absolute atomic E-state index is 0.00340. The van der Waals surface area contributed by atoms with Crippen LogP contribution in [0.15, 0.2) is 34.2 Å².